The zero-order valence-corrected chi connectivity index (χ0v) is 12.6. The Morgan fingerprint density at radius 1 is 1.30 bits per heavy atom. The van der Waals surface area contributed by atoms with E-state index in [-0.39, 0.29) is 0 Å². The Kier molecular flexibility index (Phi) is 4.73. The number of hydrogen-bond acceptors (Lipinski definition) is 6. The highest BCUT2D eigenvalue weighted by Gasteiger charge is 2.09. The van der Waals surface area contributed by atoms with Gasteiger partial charge in [0.2, 0.25) is 5.95 Å². The van der Waals surface area contributed by atoms with Crippen molar-refractivity contribution in [1.29, 1.82) is 0 Å². The summed E-state index contributed by atoms with van der Waals surface area (Å²) in [5.41, 5.74) is 0.746. The number of fused-ring (bicyclic) bond motifs is 1. The summed E-state index contributed by atoms with van der Waals surface area (Å²) >= 11 is 0. The average Bonchev–Trinajstić information content (AvgIpc) is 2.87. The molecule has 2 aromatic rings. The molecule has 110 valence electrons. The molecule has 0 atom stereocenters. The molecule has 7 nitrogen and oxygen atoms in total. The van der Waals surface area contributed by atoms with E-state index in [1.165, 1.54) is 0 Å². The third-order valence-electron chi connectivity index (χ3n) is 3.28. The number of aromatic nitrogens is 4. The lowest BCUT2D eigenvalue weighted by molar-refractivity contribution is 0.284. The molecule has 0 bridgehead atoms. The van der Waals surface area contributed by atoms with Gasteiger partial charge in [-0.3, -0.25) is 5.10 Å². The fraction of sp³-hybridized carbons (Fsp3) is 0.615. The largest absolute Gasteiger partial charge is 0.368 e. The normalized spacial score (nSPS) is 11.5. The highest BCUT2D eigenvalue weighted by Crippen LogP contribution is 2.19. The van der Waals surface area contributed by atoms with Gasteiger partial charge in [-0.1, -0.05) is 0 Å². The van der Waals surface area contributed by atoms with Crippen LogP contribution in [-0.2, 0) is 0 Å². The van der Waals surface area contributed by atoms with Crippen molar-refractivity contribution in [3.8, 4) is 0 Å². The Bertz CT molecular complexity index is 549. The molecule has 0 spiro atoms. The molecule has 0 saturated carbocycles. The molecule has 3 N–H and O–H groups in total. The Hall–Kier alpha value is -1.89. The first kappa shape index (κ1) is 14.5. The van der Waals surface area contributed by atoms with Crippen LogP contribution >= 0.6 is 0 Å². The number of H-pyrrole nitrogens is 1. The van der Waals surface area contributed by atoms with E-state index in [0.717, 1.165) is 36.5 Å². The maximum Gasteiger partial charge on any atom is 0.226 e. The summed E-state index contributed by atoms with van der Waals surface area (Å²) in [6.07, 6.45) is 1.75. The van der Waals surface area contributed by atoms with Crippen LogP contribution in [0.1, 0.15) is 20.8 Å². The van der Waals surface area contributed by atoms with E-state index < -0.39 is 0 Å². The molecule has 2 rings (SSSR count). The second-order valence-electron chi connectivity index (χ2n) is 5.06. The Morgan fingerprint density at radius 3 is 2.80 bits per heavy atom. The minimum atomic E-state index is 0.536. The van der Waals surface area contributed by atoms with Crippen molar-refractivity contribution < 1.29 is 0 Å². The molecule has 20 heavy (non-hydrogen) atoms. The van der Waals surface area contributed by atoms with Gasteiger partial charge in [0.1, 0.15) is 5.82 Å². The van der Waals surface area contributed by atoms with Crippen molar-refractivity contribution in [3.05, 3.63) is 6.20 Å². The van der Waals surface area contributed by atoms with Gasteiger partial charge in [0.25, 0.3) is 0 Å². The second-order valence-corrected chi connectivity index (χ2v) is 5.06. The molecule has 2 heterocycles. The van der Waals surface area contributed by atoms with Crippen LogP contribution in [0, 0.1) is 0 Å². The van der Waals surface area contributed by atoms with Gasteiger partial charge in [0, 0.05) is 25.7 Å². The number of nitrogens with one attached hydrogen (secondary N) is 3. The average molecular weight is 277 g/mol. The van der Waals surface area contributed by atoms with Gasteiger partial charge in [0.15, 0.2) is 5.65 Å². The molecular formula is C13H23N7. The lowest BCUT2D eigenvalue weighted by Crippen LogP contribution is -2.31. The lowest BCUT2D eigenvalue weighted by atomic mass is 10.3. The monoisotopic (exact) mass is 277 g/mol. The van der Waals surface area contributed by atoms with Crippen LogP contribution in [0.2, 0.25) is 0 Å². The number of likely N-dealkylation sites (N-methyl/N-ethyl adjacent to an activating group) is 1. The smallest absolute Gasteiger partial charge is 0.226 e. The Labute approximate surface area is 119 Å². The van der Waals surface area contributed by atoms with Gasteiger partial charge in [-0.2, -0.15) is 15.1 Å². The SMILES string of the molecule is CCNc1nc(NCCN(C)C(C)C)c2cn[nH]c2n1. The fourth-order valence-electron chi connectivity index (χ4n) is 1.82. The van der Waals surface area contributed by atoms with Crippen LogP contribution in [0.3, 0.4) is 0 Å². The molecule has 7 heteroatoms. The van der Waals surface area contributed by atoms with E-state index >= 15 is 0 Å². The first-order valence-corrected chi connectivity index (χ1v) is 7.01. The van der Waals surface area contributed by atoms with Gasteiger partial charge in [-0.25, -0.2) is 0 Å². The molecule has 0 radical (unpaired) electrons. The number of hydrogen-bond donors (Lipinski definition) is 3. The zero-order valence-electron chi connectivity index (χ0n) is 12.6. The summed E-state index contributed by atoms with van der Waals surface area (Å²) in [4.78, 5) is 11.1. The molecule has 0 saturated heterocycles. The van der Waals surface area contributed by atoms with Crippen LogP contribution in [0.15, 0.2) is 6.20 Å². The van der Waals surface area contributed by atoms with E-state index in [1.807, 2.05) is 6.92 Å². The molecule has 2 aromatic heterocycles. The van der Waals surface area contributed by atoms with Crippen molar-refractivity contribution >= 4 is 22.8 Å². The fourth-order valence-corrected chi connectivity index (χ4v) is 1.82. The predicted octanol–water partition coefficient (Wildman–Crippen LogP) is 1.54. The quantitative estimate of drug-likeness (QED) is 0.712. The van der Waals surface area contributed by atoms with Gasteiger partial charge >= 0.3 is 0 Å². The van der Waals surface area contributed by atoms with Crippen LogP contribution < -0.4 is 10.6 Å². The van der Waals surface area contributed by atoms with Gasteiger partial charge in [0.05, 0.1) is 11.6 Å². The molecule has 0 amide bonds. The molecule has 0 aliphatic heterocycles. The first-order valence-electron chi connectivity index (χ1n) is 7.01. The van der Waals surface area contributed by atoms with E-state index in [9.17, 15) is 0 Å². The minimum Gasteiger partial charge on any atom is -0.368 e. The van der Waals surface area contributed by atoms with Gasteiger partial charge < -0.3 is 15.5 Å². The topological polar surface area (TPSA) is 81.8 Å². The molecule has 0 aliphatic carbocycles. The number of rotatable bonds is 7. The van der Waals surface area contributed by atoms with Crippen molar-refractivity contribution in [1.82, 2.24) is 25.1 Å². The second kappa shape index (κ2) is 6.51. The summed E-state index contributed by atoms with van der Waals surface area (Å²) in [6, 6.07) is 0.536. The number of anilines is 2. The summed E-state index contributed by atoms with van der Waals surface area (Å²) in [5.74, 6) is 1.43. The summed E-state index contributed by atoms with van der Waals surface area (Å²) in [5, 5.41) is 14.3. The van der Waals surface area contributed by atoms with Crippen LogP contribution in [-0.4, -0.2) is 57.8 Å². The third-order valence-corrected chi connectivity index (χ3v) is 3.28. The zero-order chi connectivity index (χ0) is 14.5. The van der Waals surface area contributed by atoms with Crippen molar-refractivity contribution in [3.63, 3.8) is 0 Å². The van der Waals surface area contributed by atoms with Crippen LogP contribution in [0.5, 0.6) is 0 Å². The van der Waals surface area contributed by atoms with E-state index in [1.54, 1.807) is 6.20 Å². The van der Waals surface area contributed by atoms with Gasteiger partial charge in [-0.05, 0) is 27.8 Å². The highest BCUT2D eigenvalue weighted by atomic mass is 15.2. The molecule has 0 aromatic carbocycles. The van der Waals surface area contributed by atoms with Gasteiger partial charge in [-0.15, -0.1) is 0 Å². The maximum atomic E-state index is 4.49. The third kappa shape index (κ3) is 3.36. The van der Waals surface area contributed by atoms with Crippen molar-refractivity contribution in [2.45, 2.75) is 26.8 Å². The molecule has 0 unspecified atom stereocenters. The molecular weight excluding hydrogens is 254 g/mol. The Morgan fingerprint density at radius 2 is 2.10 bits per heavy atom. The number of nitrogens with zero attached hydrogens (tertiary/aromatic N) is 4. The number of aromatic amines is 1. The molecule has 0 fully saturated rings. The van der Waals surface area contributed by atoms with E-state index in [0.29, 0.717) is 12.0 Å². The van der Waals surface area contributed by atoms with Crippen molar-refractivity contribution in [2.75, 3.05) is 37.3 Å². The summed E-state index contributed by atoms with van der Waals surface area (Å²) < 4.78 is 0. The minimum absolute atomic E-state index is 0.536. The summed E-state index contributed by atoms with van der Waals surface area (Å²) in [6.45, 7) is 8.96. The predicted molar refractivity (Wildman–Crippen MR) is 82.1 cm³/mol. The van der Waals surface area contributed by atoms with E-state index in [2.05, 4.69) is 56.6 Å². The van der Waals surface area contributed by atoms with Crippen molar-refractivity contribution in [2.24, 2.45) is 0 Å². The lowest BCUT2D eigenvalue weighted by Gasteiger charge is -2.21. The standard InChI is InChI=1S/C13H23N7/c1-5-14-13-17-11(10-8-16-19-12(10)18-13)15-6-7-20(4)9(2)3/h8-9H,5-7H2,1-4H3,(H3,14,15,16,17,18,19). The van der Waals surface area contributed by atoms with Crippen LogP contribution in [0.25, 0.3) is 11.0 Å². The van der Waals surface area contributed by atoms with E-state index in [4.69, 9.17) is 0 Å². The highest BCUT2D eigenvalue weighted by molar-refractivity contribution is 5.86. The Balaban J connectivity index is 2.09. The summed E-state index contributed by atoms with van der Waals surface area (Å²) in [7, 11) is 2.11. The maximum absolute atomic E-state index is 4.49. The molecule has 0 aliphatic rings. The first-order chi connectivity index (χ1) is 9.61. The van der Waals surface area contributed by atoms with Crippen LogP contribution in [0.4, 0.5) is 11.8 Å².